The summed E-state index contributed by atoms with van der Waals surface area (Å²) >= 11 is 5.85. The van der Waals surface area contributed by atoms with E-state index in [0.717, 1.165) is 6.07 Å². The molecule has 0 radical (unpaired) electrons. The molecular weight excluding hydrogens is 330 g/mol. The van der Waals surface area contributed by atoms with E-state index >= 15 is 0 Å². The Hall–Kier alpha value is -1.64. The van der Waals surface area contributed by atoms with Crippen molar-refractivity contribution < 1.29 is 18.0 Å². The highest BCUT2D eigenvalue weighted by Crippen LogP contribution is 2.22. The van der Waals surface area contributed by atoms with E-state index in [0.29, 0.717) is 6.54 Å². The molecule has 0 spiro atoms. The van der Waals surface area contributed by atoms with Crippen LogP contribution in [-0.2, 0) is 14.8 Å². The summed E-state index contributed by atoms with van der Waals surface area (Å²) in [4.78, 5) is 23.5. The summed E-state index contributed by atoms with van der Waals surface area (Å²) in [5.41, 5.74) is 0.0920. The quantitative estimate of drug-likeness (QED) is 0.697. The average Bonchev–Trinajstić information content (AvgIpc) is 2.47. The summed E-state index contributed by atoms with van der Waals surface area (Å²) in [5.74, 6) is -0.893. The van der Waals surface area contributed by atoms with Crippen LogP contribution in [0.1, 0.15) is 24.2 Å². The second kappa shape index (κ2) is 7.57. The number of hydrogen-bond donors (Lipinski definition) is 3. The SMILES string of the molecule is CCNC(=O)[C@@H](C)NC(=O)c1ccc(Cl)c(S(=O)(=O)NC)c1. The van der Waals surface area contributed by atoms with Gasteiger partial charge in [0.1, 0.15) is 10.9 Å². The predicted molar refractivity (Wildman–Crippen MR) is 83.3 cm³/mol. The van der Waals surface area contributed by atoms with E-state index in [4.69, 9.17) is 11.6 Å². The monoisotopic (exact) mass is 347 g/mol. The number of likely N-dealkylation sites (N-methyl/N-ethyl adjacent to an activating group) is 1. The summed E-state index contributed by atoms with van der Waals surface area (Å²) in [6.45, 7) is 3.75. The highest BCUT2D eigenvalue weighted by molar-refractivity contribution is 7.89. The molecule has 0 heterocycles. The molecule has 0 aliphatic carbocycles. The van der Waals surface area contributed by atoms with Crippen LogP contribution in [0.2, 0.25) is 5.02 Å². The molecule has 0 aromatic heterocycles. The standard InChI is InChI=1S/C13H18ClN3O4S/c1-4-16-12(18)8(2)17-13(19)9-5-6-10(14)11(7-9)22(20,21)15-3/h5-8,15H,4H2,1-3H3,(H,16,18)(H,17,19)/t8-/m1/s1. The molecule has 1 aromatic rings. The topological polar surface area (TPSA) is 104 Å². The second-order valence-corrected chi connectivity index (χ2v) is 6.70. The average molecular weight is 348 g/mol. The van der Waals surface area contributed by atoms with Gasteiger partial charge in [-0.25, -0.2) is 13.1 Å². The molecule has 1 atom stereocenters. The molecule has 122 valence electrons. The molecule has 0 fully saturated rings. The van der Waals surface area contributed by atoms with Gasteiger partial charge in [-0.1, -0.05) is 11.6 Å². The Labute approximate surface area is 134 Å². The largest absolute Gasteiger partial charge is 0.355 e. The molecule has 22 heavy (non-hydrogen) atoms. The van der Waals surface area contributed by atoms with E-state index in [-0.39, 0.29) is 21.4 Å². The number of halogens is 1. The molecule has 9 heteroatoms. The van der Waals surface area contributed by atoms with Gasteiger partial charge in [0.25, 0.3) is 5.91 Å². The van der Waals surface area contributed by atoms with Crippen molar-refractivity contribution in [2.45, 2.75) is 24.8 Å². The number of rotatable bonds is 6. The number of hydrogen-bond acceptors (Lipinski definition) is 4. The van der Waals surface area contributed by atoms with E-state index in [1.54, 1.807) is 6.92 Å². The summed E-state index contributed by atoms with van der Waals surface area (Å²) in [6, 6.07) is 3.12. The second-order valence-electron chi connectivity index (χ2n) is 4.44. The first-order chi connectivity index (χ1) is 10.2. The Morgan fingerprint density at radius 1 is 1.32 bits per heavy atom. The number of nitrogens with one attached hydrogen (secondary N) is 3. The van der Waals surface area contributed by atoms with Crippen molar-refractivity contribution in [2.24, 2.45) is 0 Å². The first-order valence-electron chi connectivity index (χ1n) is 6.54. The number of amides is 2. The fourth-order valence-electron chi connectivity index (χ4n) is 1.63. The third kappa shape index (κ3) is 4.43. The third-order valence-electron chi connectivity index (χ3n) is 2.84. The summed E-state index contributed by atoms with van der Waals surface area (Å²) < 4.78 is 25.8. The zero-order chi connectivity index (χ0) is 16.9. The van der Waals surface area contributed by atoms with Crippen molar-refractivity contribution in [3.63, 3.8) is 0 Å². The van der Waals surface area contributed by atoms with Crippen molar-refractivity contribution in [1.29, 1.82) is 0 Å². The number of benzene rings is 1. The lowest BCUT2D eigenvalue weighted by atomic mass is 10.2. The Bertz CT molecular complexity index is 676. The lowest BCUT2D eigenvalue weighted by Gasteiger charge is -2.14. The summed E-state index contributed by atoms with van der Waals surface area (Å²) in [6.07, 6.45) is 0. The van der Waals surface area contributed by atoms with Gasteiger partial charge in [0.05, 0.1) is 5.02 Å². The van der Waals surface area contributed by atoms with Gasteiger partial charge in [-0.15, -0.1) is 0 Å². The van der Waals surface area contributed by atoms with Crippen molar-refractivity contribution in [2.75, 3.05) is 13.6 Å². The van der Waals surface area contributed by atoms with Crippen LogP contribution in [0.15, 0.2) is 23.1 Å². The molecule has 0 saturated heterocycles. The van der Waals surface area contributed by atoms with Crippen molar-refractivity contribution >= 4 is 33.4 Å². The van der Waals surface area contributed by atoms with Gasteiger partial charge in [0.15, 0.2) is 0 Å². The molecule has 7 nitrogen and oxygen atoms in total. The molecule has 3 N–H and O–H groups in total. The molecular formula is C13H18ClN3O4S. The molecule has 1 rings (SSSR count). The van der Waals surface area contributed by atoms with E-state index in [9.17, 15) is 18.0 Å². The van der Waals surface area contributed by atoms with Crippen molar-refractivity contribution in [3.05, 3.63) is 28.8 Å². The normalized spacial score (nSPS) is 12.5. The van der Waals surface area contributed by atoms with Crippen LogP contribution in [0.4, 0.5) is 0 Å². The van der Waals surface area contributed by atoms with Gasteiger partial charge in [0, 0.05) is 12.1 Å². The highest BCUT2D eigenvalue weighted by atomic mass is 35.5. The van der Waals surface area contributed by atoms with Crippen molar-refractivity contribution in [3.8, 4) is 0 Å². The lowest BCUT2D eigenvalue weighted by molar-refractivity contribution is -0.122. The van der Waals surface area contributed by atoms with Gasteiger partial charge < -0.3 is 10.6 Å². The van der Waals surface area contributed by atoms with E-state index < -0.39 is 22.0 Å². The Kier molecular flexibility index (Phi) is 6.34. The highest BCUT2D eigenvalue weighted by Gasteiger charge is 2.20. The minimum atomic E-state index is -3.78. The van der Waals surface area contributed by atoms with Crippen LogP contribution in [0.3, 0.4) is 0 Å². The lowest BCUT2D eigenvalue weighted by Crippen LogP contribution is -2.44. The van der Waals surface area contributed by atoms with E-state index in [1.165, 1.54) is 26.1 Å². The van der Waals surface area contributed by atoms with Crippen LogP contribution in [-0.4, -0.2) is 39.9 Å². The molecule has 1 aromatic carbocycles. The first kappa shape index (κ1) is 18.4. The molecule has 0 saturated carbocycles. The maximum absolute atomic E-state index is 12.1. The predicted octanol–water partition coefficient (Wildman–Crippen LogP) is 0.502. The molecule has 0 aliphatic heterocycles. The Morgan fingerprint density at radius 2 is 1.95 bits per heavy atom. The maximum Gasteiger partial charge on any atom is 0.251 e. The maximum atomic E-state index is 12.1. The molecule has 0 unspecified atom stereocenters. The summed E-state index contributed by atoms with van der Waals surface area (Å²) in [5, 5.41) is 5.07. The van der Waals surface area contributed by atoms with E-state index in [1.807, 2.05) is 0 Å². The van der Waals surface area contributed by atoms with Gasteiger partial charge in [-0.2, -0.15) is 0 Å². The first-order valence-corrected chi connectivity index (χ1v) is 8.40. The van der Waals surface area contributed by atoms with Crippen LogP contribution in [0.25, 0.3) is 0 Å². The minimum absolute atomic E-state index is 0.00248. The summed E-state index contributed by atoms with van der Waals surface area (Å²) in [7, 11) is -2.53. The molecule has 2 amide bonds. The zero-order valence-corrected chi connectivity index (χ0v) is 14.0. The Balaban J connectivity index is 3.01. The van der Waals surface area contributed by atoms with Gasteiger partial charge in [-0.05, 0) is 39.1 Å². The molecule has 0 aliphatic rings. The third-order valence-corrected chi connectivity index (χ3v) is 4.74. The number of carbonyl (C=O) groups excluding carboxylic acids is 2. The van der Waals surface area contributed by atoms with Crippen LogP contribution < -0.4 is 15.4 Å². The van der Waals surface area contributed by atoms with Gasteiger partial charge in [-0.3, -0.25) is 9.59 Å². The van der Waals surface area contributed by atoms with Crippen LogP contribution >= 0.6 is 11.6 Å². The number of sulfonamides is 1. The van der Waals surface area contributed by atoms with Crippen LogP contribution in [0, 0.1) is 0 Å². The fraction of sp³-hybridized carbons (Fsp3) is 0.385. The number of carbonyl (C=O) groups is 2. The van der Waals surface area contributed by atoms with Gasteiger partial charge in [0.2, 0.25) is 15.9 Å². The smallest absolute Gasteiger partial charge is 0.251 e. The van der Waals surface area contributed by atoms with Crippen LogP contribution in [0.5, 0.6) is 0 Å². The Morgan fingerprint density at radius 3 is 2.50 bits per heavy atom. The van der Waals surface area contributed by atoms with E-state index in [2.05, 4.69) is 15.4 Å². The van der Waals surface area contributed by atoms with Crippen molar-refractivity contribution in [1.82, 2.24) is 15.4 Å². The fourth-order valence-corrected chi connectivity index (χ4v) is 2.88. The zero-order valence-electron chi connectivity index (χ0n) is 12.4. The minimum Gasteiger partial charge on any atom is -0.355 e. The molecule has 0 bridgehead atoms. The van der Waals surface area contributed by atoms with Gasteiger partial charge >= 0.3 is 0 Å².